The van der Waals surface area contributed by atoms with E-state index in [1.54, 1.807) is 0 Å². The van der Waals surface area contributed by atoms with Crippen LogP contribution in [0.5, 0.6) is 0 Å². The summed E-state index contributed by atoms with van der Waals surface area (Å²) in [5, 5.41) is 10.2. The van der Waals surface area contributed by atoms with Crippen LogP contribution in [-0.4, -0.2) is 47.8 Å². The normalized spacial score (nSPS) is 37.9. The Bertz CT molecular complexity index is 393. The van der Waals surface area contributed by atoms with Gasteiger partial charge in [-0.1, -0.05) is 6.92 Å². The SMILES string of the molecule is CCO[C@H]1C[C@H](O)C12CCN(C(=O)C1CCC(C)CC1)CC2. The molecule has 0 aromatic heterocycles. The van der Waals surface area contributed by atoms with Gasteiger partial charge in [0.2, 0.25) is 5.91 Å². The third-order valence-electron chi connectivity index (χ3n) is 6.48. The fraction of sp³-hybridized carbons (Fsp3) is 0.944. The average molecular weight is 309 g/mol. The second kappa shape index (κ2) is 6.48. The van der Waals surface area contributed by atoms with E-state index in [2.05, 4.69) is 11.8 Å². The third kappa shape index (κ3) is 2.80. The molecule has 1 aliphatic heterocycles. The fourth-order valence-electron chi connectivity index (χ4n) is 4.73. The Morgan fingerprint density at radius 2 is 1.86 bits per heavy atom. The van der Waals surface area contributed by atoms with Gasteiger partial charge >= 0.3 is 0 Å². The van der Waals surface area contributed by atoms with Crippen molar-refractivity contribution in [2.24, 2.45) is 17.3 Å². The zero-order valence-corrected chi connectivity index (χ0v) is 14.1. The Labute approximate surface area is 134 Å². The number of amides is 1. The molecular weight excluding hydrogens is 278 g/mol. The number of hydrogen-bond acceptors (Lipinski definition) is 3. The van der Waals surface area contributed by atoms with E-state index in [4.69, 9.17) is 4.74 Å². The number of nitrogens with zero attached hydrogens (tertiary/aromatic N) is 1. The minimum absolute atomic E-state index is 0.0755. The number of aliphatic hydroxyl groups is 1. The predicted octanol–water partition coefficient (Wildman–Crippen LogP) is 2.59. The van der Waals surface area contributed by atoms with Crippen molar-refractivity contribution in [1.82, 2.24) is 4.90 Å². The van der Waals surface area contributed by atoms with Crippen LogP contribution in [0.3, 0.4) is 0 Å². The first kappa shape index (κ1) is 16.3. The van der Waals surface area contributed by atoms with Crippen molar-refractivity contribution < 1.29 is 14.6 Å². The van der Waals surface area contributed by atoms with Crippen LogP contribution < -0.4 is 0 Å². The highest BCUT2D eigenvalue weighted by atomic mass is 16.5. The van der Waals surface area contributed by atoms with E-state index in [9.17, 15) is 9.90 Å². The summed E-state index contributed by atoms with van der Waals surface area (Å²) in [6.07, 6.45) is 7.03. The summed E-state index contributed by atoms with van der Waals surface area (Å²) in [7, 11) is 0. The number of rotatable bonds is 3. The molecule has 1 heterocycles. The molecule has 0 aromatic carbocycles. The van der Waals surface area contributed by atoms with E-state index in [-0.39, 0.29) is 23.5 Å². The molecule has 1 N–H and O–H groups in total. The second-order valence-corrected chi connectivity index (χ2v) is 7.71. The van der Waals surface area contributed by atoms with Gasteiger partial charge in [-0.2, -0.15) is 0 Å². The summed E-state index contributed by atoms with van der Waals surface area (Å²) in [4.78, 5) is 14.8. The van der Waals surface area contributed by atoms with Crippen molar-refractivity contribution in [2.45, 2.75) is 71.0 Å². The van der Waals surface area contributed by atoms with E-state index >= 15 is 0 Å². The Balaban J connectivity index is 1.54. The summed E-state index contributed by atoms with van der Waals surface area (Å²) in [5.74, 6) is 1.40. The maximum absolute atomic E-state index is 12.7. The summed E-state index contributed by atoms with van der Waals surface area (Å²) in [6.45, 7) is 6.61. The molecule has 4 nitrogen and oxygen atoms in total. The van der Waals surface area contributed by atoms with Gasteiger partial charge in [-0.05, 0) is 51.4 Å². The molecule has 0 radical (unpaired) electrons. The van der Waals surface area contributed by atoms with Crippen molar-refractivity contribution >= 4 is 5.91 Å². The number of ether oxygens (including phenoxy) is 1. The average Bonchev–Trinajstić information content (AvgIpc) is 2.55. The van der Waals surface area contributed by atoms with Crippen molar-refractivity contribution in [1.29, 1.82) is 0 Å². The molecule has 1 amide bonds. The molecule has 4 heteroatoms. The highest BCUT2D eigenvalue weighted by Crippen LogP contribution is 2.51. The number of likely N-dealkylation sites (tertiary alicyclic amines) is 1. The van der Waals surface area contributed by atoms with E-state index in [0.717, 1.165) is 51.1 Å². The van der Waals surface area contributed by atoms with Crippen LogP contribution in [0.15, 0.2) is 0 Å². The number of carbonyl (C=O) groups excluding carboxylic acids is 1. The van der Waals surface area contributed by atoms with Crippen molar-refractivity contribution in [2.75, 3.05) is 19.7 Å². The molecule has 3 fully saturated rings. The lowest BCUT2D eigenvalue weighted by atomic mass is 9.58. The van der Waals surface area contributed by atoms with Crippen LogP contribution in [-0.2, 0) is 9.53 Å². The van der Waals surface area contributed by atoms with Crippen LogP contribution in [0.2, 0.25) is 0 Å². The molecule has 2 saturated carbocycles. The molecule has 1 spiro atoms. The van der Waals surface area contributed by atoms with Crippen molar-refractivity contribution in [3.05, 3.63) is 0 Å². The van der Waals surface area contributed by atoms with Crippen LogP contribution >= 0.6 is 0 Å². The summed E-state index contributed by atoms with van der Waals surface area (Å²) in [5.41, 5.74) is -0.0755. The minimum atomic E-state index is -0.239. The molecule has 126 valence electrons. The molecule has 0 aromatic rings. The lowest BCUT2D eigenvalue weighted by Crippen LogP contribution is -2.63. The molecule has 2 atom stereocenters. The molecule has 3 rings (SSSR count). The maximum Gasteiger partial charge on any atom is 0.225 e. The standard InChI is InChI=1S/C18H31NO3/c1-3-22-16-12-15(20)18(16)8-10-19(11-9-18)17(21)14-6-4-13(2)5-7-14/h13-16,20H,3-12H2,1-2H3/t13?,14?,15-,16-/m0/s1. The monoisotopic (exact) mass is 309 g/mol. The van der Waals surface area contributed by atoms with Gasteiger partial charge in [0.15, 0.2) is 0 Å². The first-order valence-electron chi connectivity index (χ1n) is 9.15. The highest BCUT2D eigenvalue weighted by molar-refractivity contribution is 5.79. The van der Waals surface area contributed by atoms with Gasteiger partial charge in [-0.3, -0.25) is 4.79 Å². The number of aliphatic hydroxyl groups excluding tert-OH is 1. The lowest BCUT2D eigenvalue weighted by molar-refractivity contribution is -0.210. The number of carbonyl (C=O) groups is 1. The highest BCUT2D eigenvalue weighted by Gasteiger charge is 2.56. The summed E-state index contributed by atoms with van der Waals surface area (Å²) >= 11 is 0. The van der Waals surface area contributed by atoms with Gasteiger partial charge in [0.1, 0.15) is 0 Å². The Morgan fingerprint density at radius 3 is 2.41 bits per heavy atom. The molecule has 1 saturated heterocycles. The van der Waals surface area contributed by atoms with Crippen molar-refractivity contribution in [3.8, 4) is 0 Å². The van der Waals surface area contributed by atoms with Crippen LogP contribution in [0.1, 0.15) is 58.8 Å². The van der Waals surface area contributed by atoms with Crippen LogP contribution in [0.4, 0.5) is 0 Å². The van der Waals surface area contributed by atoms with Gasteiger partial charge in [0, 0.05) is 37.5 Å². The Hall–Kier alpha value is -0.610. The molecule has 2 aliphatic carbocycles. The second-order valence-electron chi connectivity index (χ2n) is 7.71. The third-order valence-corrected chi connectivity index (χ3v) is 6.48. The van der Waals surface area contributed by atoms with Gasteiger partial charge in [0.25, 0.3) is 0 Å². The van der Waals surface area contributed by atoms with Crippen LogP contribution in [0.25, 0.3) is 0 Å². The predicted molar refractivity (Wildman–Crippen MR) is 85.4 cm³/mol. The van der Waals surface area contributed by atoms with E-state index in [1.165, 1.54) is 12.8 Å². The number of piperidine rings is 1. The molecule has 0 unspecified atom stereocenters. The summed E-state index contributed by atoms with van der Waals surface area (Å²) in [6, 6.07) is 0. The van der Waals surface area contributed by atoms with E-state index in [0.29, 0.717) is 12.5 Å². The van der Waals surface area contributed by atoms with Gasteiger partial charge in [-0.15, -0.1) is 0 Å². The zero-order valence-electron chi connectivity index (χ0n) is 14.1. The molecular formula is C18H31NO3. The van der Waals surface area contributed by atoms with E-state index in [1.807, 2.05) is 6.92 Å². The van der Waals surface area contributed by atoms with E-state index < -0.39 is 0 Å². The quantitative estimate of drug-likeness (QED) is 0.872. The lowest BCUT2D eigenvalue weighted by Gasteiger charge is -2.56. The minimum Gasteiger partial charge on any atom is -0.392 e. The molecule has 3 aliphatic rings. The van der Waals surface area contributed by atoms with Gasteiger partial charge in [-0.25, -0.2) is 0 Å². The van der Waals surface area contributed by atoms with Crippen molar-refractivity contribution in [3.63, 3.8) is 0 Å². The summed E-state index contributed by atoms with van der Waals surface area (Å²) < 4.78 is 5.80. The largest absolute Gasteiger partial charge is 0.392 e. The smallest absolute Gasteiger partial charge is 0.225 e. The Morgan fingerprint density at radius 1 is 1.23 bits per heavy atom. The Kier molecular flexibility index (Phi) is 4.79. The first-order valence-corrected chi connectivity index (χ1v) is 9.15. The maximum atomic E-state index is 12.7. The van der Waals surface area contributed by atoms with Gasteiger partial charge in [0.05, 0.1) is 12.2 Å². The molecule has 0 bridgehead atoms. The van der Waals surface area contributed by atoms with Crippen LogP contribution in [0, 0.1) is 17.3 Å². The topological polar surface area (TPSA) is 49.8 Å². The first-order chi connectivity index (χ1) is 10.6. The number of hydrogen-bond donors (Lipinski definition) is 1. The zero-order chi connectivity index (χ0) is 15.7. The molecule has 22 heavy (non-hydrogen) atoms. The van der Waals surface area contributed by atoms with Gasteiger partial charge < -0.3 is 14.7 Å². The fourth-order valence-corrected chi connectivity index (χ4v) is 4.73.